The van der Waals surface area contributed by atoms with Gasteiger partial charge in [-0.2, -0.15) is 4.98 Å². The van der Waals surface area contributed by atoms with Gasteiger partial charge in [0.2, 0.25) is 12.4 Å². The number of nitrogens with one attached hydrogen (secondary N) is 2. The molecular weight excluding hydrogens is 478 g/mol. The lowest BCUT2D eigenvalue weighted by atomic mass is 9.83. The van der Waals surface area contributed by atoms with Crippen LogP contribution in [0.4, 0.5) is 31.9 Å². The van der Waals surface area contributed by atoms with Crippen molar-refractivity contribution >= 4 is 29.6 Å². The van der Waals surface area contributed by atoms with Crippen molar-refractivity contribution in [1.29, 1.82) is 0 Å². The van der Waals surface area contributed by atoms with Crippen LogP contribution in [0.1, 0.15) is 30.9 Å². The van der Waals surface area contributed by atoms with E-state index >= 15 is 0 Å². The molecule has 3 atom stereocenters. The number of anilines is 4. The molecule has 2 saturated heterocycles. The Morgan fingerprint density at radius 3 is 2.49 bits per heavy atom. The van der Waals surface area contributed by atoms with Crippen LogP contribution >= 0.6 is 0 Å². The van der Waals surface area contributed by atoms with Gasteiger partial charge in [0.05, 0.1) is 11.6 Å². The number of benzene rings is 2. The SMILES string of the molecule is O=CN1CCC(O)(CN2CC[C@H](F)C2)CC1c1ccc(Nc2nccc(Nc3ccc(F)cc3)n2)cc1. The predicted molar refractivity (Wildman–Crippen MR) is 137 cm³/mol. The van der Waals surface area contributed by atoms with Crippen molar-refractivity contribution in [3.05, 3.63) is 72.2 Å². The monoisotopic (exact) mass is 508 g/mol. The number of halogens is 2. The predicted octanol–water partition coefficient (Wildman–Crippen LogP) is 4.17. The Labute approximate surface area is 214 Å². The summed E-state index contributed by atoms with van der Waals surface area (Å²) in [6.07, 6.45) is 2.98. The number of β-amino-alcohol motifs (C(OH)–C–C–N with tert-alkyl or cyclic N) is 1. The van der Waals surface area contributed by atoms with Crippen LogP contribution in [0.25, 0.3) is 0 Å². The van der Waals surface area contributed by atoms with Crippen LogP contribution in [-0.2, 0) is 4.79 Å². The summed E-state index contributed by atoms with van der Waals surface area (Å²) in [5.41, 5.74) is 1.40. The van der Waals surface area contributed by atoms with E-state index in [1.165, 1.54) is 12.1 Å². The zero-order valence-corrected chi connectivity index (χ0v) is 20.4. The lowest BCUT2D eigenvalue weighted by Gasteiger charge is -2.44. The molecule has 3 heterocycles. The molecule has 3 aromatic rings. The number of nitrogens with zero attached hydrogens (tertiary/aromatic N) is 4. The van der Waals surface area contributed by atoms with E-state index in [0.717, 1.165) is 17.7 Å². The number of carbonyl (C=O) groups is 1. The quantitative estimate of drug-likeness (QED) is 0.393. The first kappa shape index (κ1) is 25.0. The molecular formula is C27H30F2N6O2. The molecule has 2 aromatic carbocycles. The van der Waals surface area contributed by atoms with E-state index in [4.69, 9.17) is 0 Å². The van der Waals surface area contributed by atoms with Gasteiger partial charge in [-0.15, -0.1) is 0 Å². The summed E-state index contributed by atoms with van der Waals surface area (Å²) < 4.78 is 26.8. The maximum atomic E-state index is 13.6. The zero-order chi connectivity index (χ0) is 25.8. The Balaban J connectivity index is 1.25. The fraction of sp³-hybridized carbons (Fsp3) is 0.370. The second-order valence-electron chi connectivity index (χ2n) is 9.80. The van der Waals surface area contributed by atoms with E-state index in [1.54, 1.807) is 29.3 Å². The molecule has 0 spiro atoms. The topological polar surface area (TPSA) is 93.6 Å². The summed E-state index contributed by atoms with van der Waals surface area (Å²) in [5.74, 6) is 0.633. The minimum Gasteiger partial charge on any atom is -0.388 e. The lowest BCUT2D eigenvalue weighted by molar-refractivity contribution is -0.128. The van der Waals surface area contributed by atoms with E-state index in [9.17, 15) is 18.7 Å². The molecule has 0 bridgehead atoms. The van der Waals surface area contributed by atoms with Gasteiger partial charge in [-0.1, -0.05) is 12.1 Å². The van der Waals surface area contributed by atoms with E-state index < -0.39 is 11.8 Å². The highest BCUT2D eigenvalue weighted by Crippen LogP contribution is 2.37. The Morgan fingerprint density at radius 1 is 1.05 bits per heavy atom. The van der Waals surface area contributed by atoms with Gasteiger partial charge in [-0.3, -0.25) is 9.69 Å². The number of piperidine rings is 1. The summed E-state index contributed by atoms with van der Waals surface area (Å²) in [6.45, 7) is 1.86. The summed E-state index contributed by atoms with van der Waals surface area (Å²) in [6, 6.07) is 15.0. The number of hydrogen-bond acceptors (Lipinski definition) is 7. The normalized spacial score (nSPS) is 24.1. The van der Waals surface area contributed by atoms with Crippen molar-refractivity contribution in [2.75, 3.05) is 36.8 Å². The molecule has 194 valence electrons. The minimum atomic E-state index is -0.975. The number of aliphatic hydroxyl groups is 1. The second-order valence-corrected chi connectivity index (χ2v) is 9.80. The number of alkyl halides is 1. The van der Waals surface area contributed by atoms with Gasteiger partial charge in [0.15, 0.2) is 0 Å². The standard InChI is InChI=1S/C27H30F2N6O2/c28-20-3-7-22(8-4-20)31-25-9-12-30-26(33-25)32-23-5-1-19(2-6-23)24-15-27(37,11-14-35(24)18-36)17-34-13-10-21(29)16-34/h1-9,12,18,21,24,37H,10-11,13-17H2,(H2,30,31,32,33)/t21-,24?,27?/m0/s1. The van der Waals surface area contributed by atoms with Crippen LogP contribution in [0, 0.1) is 5.82 Å². The molecule has 5 rings (SSSR count). The molecule has 1 amide bonds. The number of rotatable bonds is 8. The van der Waals surface area contributed by atoms with Crippen molar-refractivity contribution < 1.29 is 18.7 Å². The average molecular weight is 509 g/mol. The van der Waals surface area contributed by atoms with Gasteiger partial charge in [-0.25, -0.2) is 13.8 Å². The van der Waals surface area contributed by atoms with Gasteiger partial charge < -0.3 is 20.6 Å². The highest BCUT2D eigenvalue weighted by atomic mass is 19.1. The van der Waals surface area contributed by atoms with Crippen LogP contribution < -0.4 is 10.6 Å². The summed E-state index contributed by atoms with van der Waals surface area (Å²) >= 11 is 0. The summed E-state index contributed by atoms with van der Waals surface area (Å²) in [5, 5.41) is 17.6. The molecule has 2 aliphatic heterocycles. The van der Waals surface area contributed by atoms with Gasteiger partial charge in [0.1, 0.15) is 17.8 Å². The van der Waals surface area contributed by atoms with Crippen LogP contribution in [0.3, 0.4) is 0 Å². The number of hydrogen-bond donors (Lipinski definition) is 3. The number of carbonyl (C=O) groups excluding carboxylic acids is 1. The number of aromatic nitrogens is 2. The molecule has 0 radical (unpaired) electrons. The summed E-state index contributed by atoms with van der Waals surface area (Å²) in [4.78, 5) is 24.2. The molecule has 3 N–H and O–H groups in total. The Morgan fingerprint density at radius 2 is 1.78 bits per heavy atom. The second kappa shape index (κ2) is 10.8. The van der Waals surface area contributed by atoms with Crippen LogP contribution in [0.15, 0.2) is 60.8 Å². The van der Waals surface area contributed by atoms with E-state index in [0.29, 0.717) is 62.9 Å². The molecule has 0 saturated carbocycles. The first-order valence-corrected chi connectivity index (χ1v) is 12.4. The maximum absolute atomic E-state index is 13.6. The van der Waals surface area contributed by atoms with Gasteiger partial charge in [0, 0.05) is 50.2 Å². The minimum absolute atomic E-state index is 0.270. The Hall–Kier alpha value is -3.63. The highest BCUT2D eigenvalue weighted by molar-refractivity contribution is 5.59. The van der Waals surface area contributed by atoms with Gasteiger partial charge in [-0.05, 0) is 60.9 Å². The molecule has 0 aliphatic carbocycles. The third-order valence-corrected chi connectivity index (χ3v) is 7.00. The van der Waals surface area contributed by atoms with Crippen molar-refractivity contribution in [1.82, 2.24) is 19.8 Å². The van der Waals surface area contributed by atoms with E-state index in [1.807, 2.05) is 29.2 Å². The molecule has 2 fully saturated rings. The maximum Gasteiger partial charge on any atom is 0.229 e. The third kappa shape index (κ3) is 6.20. The first-order chi connectivity index (χ1) is 17.9. The van der Waals surface area contributed by atoms with E-state index in [-0.39, 0.29) is 11.9 Å². The highest BCUT2D eigenvalue weighted by Gasteiger charge is 2.41. The fourth-order valence-corrected chi connectivity index (χ4v) is 5.08. The van der Waals surface area contributed by atoms with Gasteiger partial charge in [0.25, 0.3) is 0 Å². The van der Waals surface area contributed by atoms with Crippen LogP contribution in [0.2, 0.25) is 0 Å². The zero-order valence-electron chi connectivity index (χ0n) is 20.4. The smallest absolute Gasteiger partial charge is 0.229 e. The molecule has 37 heavy (non-hydrogen) atoms. The molecule has 8 nitrogen and oxygen atoms in total. The number of likely N-dealkylation sites (tertiary alicyclic amines) is 2. The lowest BCUT2D eigenvalue weighted by Crippen LogP contribution is -2.51. The van der Waals surface area contributed by atoms with Crippen molar-refractivity contribution in [2.24, 2.45) is 0 Å². The van der Waals surface area contributed by atoms with Gasteiger partial charge >= 0.3 is 0 Å². The van der Waals surface area contributed by atoms with Crippen molar-refractivity contribution in [3.63, 3.8) is 0 Å². The molecule has 2 unspecified atom stereocenters. The molecule has 2 aliphatic rings. The Bertz CT molecular complexity index is 1210. The van der Waals surface area contributed by atoms with Crippen LogP contribution in [-0.4, -0.2) is 69.2 Å². The Kier molecular flexibility index (Phi) is 7.29. The number of amides is 1. The third-order valence-electron chi connectivity index (χ3n) is 7.00. The van der Waals surface area contributed by atoms with Crippen LogP contribution in [0.5, 0.6) is 0 Å². The average Bonchev–Trinajstić information content (AvgIpc) is 3.30. The van der Waals surface area contributed by atoms with E-state index in [2.05, 4.69) is 20.6 Å². The van der Waals surface area contributed by atoms with Crippen molar-refractivity contribution in [3.8, 4) is 0 Å². The molecule has 1 aromatic heterocycles. The first-order valence-electron chi connectivity index (χ1n) is 12.4. The molecule has 10 heteroatoms. The largest absolute Gasteiger partial charge is 0.388 e. The fourth-order valence-electron chi connectivity index (χ4n) is 5.08. The summed E-state index contributed by atoms with van der Waals surface area (Å²) in [7, 11) is 0. The van der Waals surface area contributed by atoms with Crippen molar-refractivity contribution in [2.45, 2.75) is 37.1 Å².